The van der Waals surface area contributed by atoms with E-state index in [1.54, 1.807) is 6.07 Å². The summed E-state index contributed by atoms with van der Waals surface area (Å²) in [5.74, 6) is -1.17. The molecule has 0 radical (unpaired) electrons. The number of rotatable bonds is 4. The quantitative estimate of drug-likeness (QED) is 0.680. The fourth-order valence-electron chi connectivity index (χ4n) is 1.32. The molecule has 0 saturated heterocycles. The monoisotopic (exact) mass is 197 g/mol. The van der Waals surface area contributed by atoms with Crippen molar-refractivity contribution >= 4 is 12.3 Å². The van der Waals surface area contributed by atoms with Gasteiger partial charge in [-0.3, -0.25) is 4.79 Å². The number of aliphatic hydroxyl groups is 1. The van der Waals surface area contributed by atoms with Gasteiger partial charge < -0.3 is 14.8 Å². The van der Waals surface area contributed by atoms with Gasteiger partial charge >= 0.3 is 5.97 Å². The average Bonchev–Trinajstić information content (AvgIpc) is 2.51. The number of aliphatic carboxylic acids is 1. The van der Waals surface area contributed by atoms with Gasteiger partial charge in [0.25, 0.3) is 0 Å². The summed E-state index contributed by atoms with van der Waals surface area (Å²) in [6.07, 6.45) is 0.951. The van der Waals surface area contributed by atoms with Crippen molar-refractivity contribution in [3.63, 3.8) is 0 Å². The van der Waals surface area contributed by atoms with Gasteiger partial charge in [-0.1, -0.05) is 0 Å². The molecule has 1 aromatic rings. The summed E-state index contributed by atoms with van der Waals surface area (Å²) in [5.41, 5.74) is 0.235. The van der Waals surface area contributed by atoms with E-state index >= 15 is 0 Å². The van der Waals surface area contributed by atoms with Crippen molar-refractivity contribution in [3.05, 3.63) is 24.0 Å². The van der Waals surface area contributed by atoms with Crippen molar-refractivity contribution in [2.75, 3.05) is 0 Å². The van der Waals surface area contributed by atoms with Gasteiger partial charge in [-0.25, -0.2) is 4.79 Å². The lowest BCUT2D eigenvalue weighted by atomic mass is 10.2. The Morgan fingerprint density at radius 2 is 2.29 bits per heavy atom. The van der Waals surface area contributed by atoms with E-state index in [0.29, 0.717) is 6.29 Å². The molecule has 0 spiro atoms. The van der Waals surface area contributed by atoms with Gasteiger partial charge in [0.2, 0.25) is 0 Å². The van der Waals surface area contributed by atoms with Gasteiger partial charge in [-0.05, 0) is 19.1 Å². The topological polar surface area (TPSA) is 79.5 Å². The van der Waals surface area contributed by atoms with Gasteiger partial charge in [0.15, 0.2) is 12.3 Å². The lowest BCUT2D eigenvalue weighted by Gasteiger charge is -2.18. The van der Waals surface area contributed by atoms with Crippen LogP contribution in [0.1, 0.15) is 23.5 Å². The van der Waals surface area contributed by atoms with Crippen LogP contribution in [0.3, 0.4) is 0 Å². The summed E-state index contributed by atoms with van der Waals surface area (Å²) in [4.78, 5) is 21.4. The molecule has 0 aliphatic carbocycles. The molecule has 1 rings (SSSR count). The average molecular weight is 197 g/mol. The van der Waals surface area contributed by atoms with Crippen LogP contribution >= 0.6 is 0 Å². The Morgan fingerprint density at radius 3 is 2.71 bits per heavy atom. The van der Waals surface area contributed by atoms with Crippen LogP contribution in [0.15, 0.2) is 18.3 Å². The molecule has 5 heteroatoms. The molecule has 0 fully saturated rings. The first kappa shape index (κ1) is 10.5. The molecule has 0 unspecified atom stereocenters. The number of nitrogens with zero attached hydrogens (tertiary/aromatic N) is 1. The molecule has 2 atom stereocenters. The molecule has 2 N–H and O–H groups in total. The SMILES string of the molecule is C[C@@H](O)[C@H](C(=O)O)n1cccc1C=O. The van der Waals surface area contributed by atoms with E-state index in [-0.39, 0.29) is 5.69 Å². The predicted octanol–water partition coefficient (Wildman–Crippen LogP) is 0.307. The lowest BCUT2D eigenvalue weighted by molar-refractivity contribution is -0.144. The zero-order valence-electron chi connectivity index (χ0n) is 7.62. The van der Waals surface area contributed by atoms with E-state index in [1.165, 1.54) is 23.8 Å². The summed E-state index contributed by atoms with van der Waals surface area (Å²) >= 11 is 0. The second-order valence-electron chi connectivity index (χ2n) is 2.98. The van der Waals surface area contributed by atoms with Gasteiger partial charge in [0.05, 0.1) is 11.8 Å². The van der Waals surface area contributed by atoms with Gasteiger partial charge in [-0.15, -0.1) is 0 Å². The van der Waals surface area contributed by atoms with Crippen LogP contribution in [0.25, 0.3) is 0 Å². The number of carboxylic acids is 1. The van der Waals surface area contributed by atoms with Crippen molar-refractivity contribution in [2.24, 2.45) is 0 Å². The molecule has 1 aromatic heterocycles. The van der Waals surface area contributed by atoms with E-state index in [4.69, 9.17) is 5.11 Å². The summed E-state index contributed by atoms with van der Waals surface area (Å²) in [7, 11) is 0. The Morgan fingerprint density at radius 1 is 1.64 bits per heavy atom. The third kappa shape index (κ3) is 1.82. The van der Waals surface area contributed by atoms with Crippen molar-refractivity contribution in [2.45, 2.75) is 19.1 Å². The van der Waals surface area contributed by atoms with Crippen molar-refractivity contribution in [1.29, 1.82) is 0 Å². The number of carboxylic acid groups (broad SMARTS) is 1. The Labute approximate surface area is 80.6 Å². The minimum absolute atomic E-state index is 0.235. The van der Waals surface area contributed by atoms with Crippen molar-refractivity contribution < 1.29 is 19.8 Å². The number of aliphatic hydroxyl groups excluding tert-OH is 1. The fourth-order valence-corrected chi connectivity index (χ4v) is 1.32. The van der Waals surface area contributed by atoms with Gasteiger partial charge in [-0.2, -0.15) is 0 Å². The first-order valence-corrected chi connectivity index (χ1v) is 4.11. The second kappa shape index (κ2) is 4.06. The maximum absolute atomic E-state index is 10.8. The molecule has 0 bridgehead atoms. The highest BCUT2D eigenvalue weighted by atomic mass is 16.4. The number of hydrogen-bond donors (Lipinski definition) is 2. The molecule has 0 aromatic carbocycles. The molecule has 76 valence electrons. The normalized spacial score (nSPS) is 14.7. The lowest BCUT2D eigenvalue weighted by Crippen LogP contribution is -2.29. The van der Waals surface area contributed by atoms with Crippen LogP contribution < -0.4 is 0 Å². The largest absolute Gasteiger partial charge is 0.480 e. The minimum atomic E-state index is -1.17. The highest BCUT2D eigenvalue weighted by Gasteiger charge is 2.25. The van der Waals surface area contributed by atoms with Crippen molar-refractivity contribution in [3.8, 4) is 0 Å². The van der Waals surface area contributed by atoms with Gasteiger partial charge in [0, 0.05) is 6.20 Å². The number of aromatic nitrogens is 1. The minimum Gasteiger partial charge on any atom is -0.480 e. The van der Waals surface area contributed by atoms with Crippen LogP contribution in [-0.2, 0) is 4.79 Å². The predicted molar refractivity (Wildman–Crippen MR) is 48.2 cm³/mol. The first-order valence-electron chi connectivity index (χ1n) is 4.11. The molecule has 5 nitrogen and oxygen atoms in total. The Hall–Kier alpha value is -1.62. The molecular weight excluding hydrogens is 186 g/mol. The Bertz CT molecular complexity index is 342. The third-order valence-electron chi connectivity index (χ3n) is 1.94. The third-order valence-corrected chi connectivity index (χ3v) is 1.94. The number of aldehydes is 1. The Kier molecular flexibility index (Phi) is 3.03. The molecule has 0 aliphatic heterocycles. The highest BCUT2D eigenvalue weighted by Crippen LogP contribution is 2.15. The summed E-state index contributed by atoms with van der Waals surface area (Å²) in [5, 5.41) is 18.1. The smallest absolute Gasteiger partial charge is 0.329 e. The first-order chi connectivity index (χ1) is 6.57. The fraction of sp³-hybridized carbons (Fsp3) is 0.333. The maximum atomic E-state index is 10.8. The van der Waals surface area contributed by atoms with E-state index in [1.807, 2.05) is 0 Å². The molecule has 1 heterocycles. The zero-order chi connectivity index (χ0) is 10.7. The van der Waals surface area contributed by atoms with Crippen LogP contribution in [-0.4, -0.2) is 33.1 Å². The van der Waals surface area contributed by atoms with Crippen molar-refractivity contribution in [1.82, 2.24) is 4.57 Å². The maximum Gasteiger partial charge on any atom is 0.329 e. The molecule has 0 saturated carbocycles. The highest BCUT2D eigenvalue weighted by molar-refractivity contribution is 5.77. The molecule has 0 amide bonds. The van der Waals surface area contributed by atoms with Gasteiger partial charge in [0.1, 0.15) is 0 Å². The van der Waals surface area contributed by atoms with E-state index in [9.17, 15) is 14.7 Å². The number of hydrogen-bond acceptors (Lipinski definition) is 3. The number of carbonyl (C=O) groups is 2. The molecule has 14 heavy (non-hydrogen) atoms. The summed E-state index contributed by atoms with van der Waals surface area (Å²) < 4.78 is 1.24. The van der Waals surface area contributed by atoms with E-state index in [2.05, 4.69) is 0 Å². The molecule has 0 aliphatic rings. The van der Waals surface area contributed by atoms with Crippen LogP contribution in [0.4, 0.5) is 0 Å². The van der Waals surface area contributed by atoms with Crippen LogP contribution in [0.5, 0.6) is 0 Å². The van der Waals surface area contributed by atoms with E-state index in [0.717, 1.165) is 0 Å². The zero-order valence-corrected chi connectivity index (χ0v) is 7.62. The Balaban J connectivity index is 3.11. The molecular formula is C9H11NO4. The standard InChI is InChI=1S/C9H11NO4/c1-6(12)8(9(13)14)10-4-2-3-7(10)5-11/h2-6,8,12H,1H3,(H,13,14)/t6-,8-/m1/s1. The summed E-state index contributed by atoms with van der Waals surface area (Å²) in [6.45, 7) is 1.37. The van der Waals surface area contributed by atoms with E-state index < -0.39 is 18.1 Å². The summed E-state index contributed by atoms with van der Waals surface area (Å²) in [6, 6.07) is 1.93. The number of carbonyl (C=O) groups excluding carboxylic acids is 1. The van der Waals surface area contributed by atoms with Crippen LogP contribution in [0, 0.1) is 0 Å². The van der Waals surface area contributed by atoms with Crippen LogP contribution in [0.2, 0.25) is 0 Å². The second-order valence-corrected chi connectivity index (χ2v) is 2.98.